The highest BCUT2D eigenvalue weighted by Crippen LogP contribution is 2.19. The number of rotatable bonds is 2. The number of allylic oxidation sites excluding steroid dienone is 2. The van der Waals surface area contributed by atoms with Crippen LogP contribution in [0.3, 0.4) is 0 Å². The Kier molecular flexibility index (Phi) is 14.0. The minimum atomic E-state index is 0.944. The van der Waals surface area contributed by atoms with Crippen LogP contribution in [0.5, 0.6) is 0 Å². The zero-order valence-electron chi connectivity index (χ0n) is 7.72. The van der Waals surface area contributed by atoms with Crippen LogP contribution in [-0.4, -0.2) is 11.5 Å². The highest BCUT2D eigenvalue weighted by atomic mass is 32.2. The van der Waals surface area contributed by atoms with Gasteiger partial charge in [-0.3, -0.25) is 0 Å². The summed E-state index contributed by atoms with van der Waals surface area (Å²) in [5, 5.41) is 0. The van der Waals surface area contributed by atoms with Crippen LogP contribution < -0.4 is 0 Å². The number of hydrogen-bond donors (Lipinski definition) is 2. The van der Waals surface area contributed by atoms with Crippen molar-refractivity contribution in [3.8, 4) is 0 Å². The molecule has 0 heterocycles. The van der Waals surface area contributed by atoms with Crippen LogP contribution in [0.4, 0.5) is 0 Å². The molecule has 0 saturated carbocycles. The van der Waals surface area contributed by atoms with Crippen molar-refractivity contribution in [3.63, 3.8) is 0 Å². The summed E-state index contributed by atoms with van der Waals surface area (Å²) in [6.07, 6.45) is 0. The van der Waals surface area contributed by atoms with E-state index in [1.165, 1.54) is 4.91 Å². The van der Waals surface area contributed by atoms with Gasteiger partial charge in [0.2, 0.25) is 0 Å². The number of thiol groups is 2. The van der Waals surface area contributed by atoms with Gasteiger partial charge in [0.1, 0.15) is 0 Å². The summed E-state index contributed by atoms with van der Waals surface area (Å²) in [6, 6.07) is 0. The van der Waals surface area contributed by atoms with Crippen molar-refractivity contribution in [1.29, 1.82) is 0 Å². The second-order valence-corrected chi connectivity index (χ2v) is 4.67. The van der Waals surface area contributed by atoms with Crippen molar-refractivity contribution >= 4 is 37.0 Å². The molecule has 0 spiro atoms. The normalized spacial score (nSPS) is 11.5. The molecule has 0 amide bonds. The lowest BCUT2D eigenvalue weighted by molar-refractivity contribution is 1.50. The molecule has 0 atom stereocenters. The van der Waals surface area contributed by atoms with E-state index in [0.29, 0.717) is 0 Å². The highest BCUT2D eigenvalue weighted by molar-refractivity contribution is 8.03. The van der Waals surface area contributed by atoms with E-state index in [1.807, 2.05) is 25.6 Å². The van der Waals surface area contributed by atoms with Gasteiger partial charge >= 0.3 is 0 Å². The Morgan fingerprint density at radius 2 is 1.64 bits per heavy atom. The van der Waals surface area contributed by atoms with Crippen LogP contribution in [-0.2, 0) is 0 Å². The molecule has 68 valence electrons. The fraction of sp³-hybridized carbons (Fsp3) is 0.750. The molecule has 0 radical (unpaired) electrons. The number of hydrogen-bond acceptors (Lipinski definition) is 3. The van der Waals surface area contributed by atoms with E-state index in [-0.39, 0.29) is 0 Å². The van der Waals surface area contributed by atoms with E-state index in [0.717, 1.165) is 16.4 Å². The summed E-state index contributed by atoms with van der Waals surface area (Å²) in [6.45, 7) is 8.24. The molecule has 0 nitrogen and oxygen atoms in total. The Morgan fingerprint density at radius 3 is 1.73 bits per heavy atom. The predicted molar refractivity (Wildman–Crippen MR) is 65.0 cm³/mol. The molecule has 11 heavy (non-hydrogen) atoms. The van der Waals surface area contributed by atoms with E-state index in [1.54, 1.807) is 0 Å². The first-order valence-corrected chi connectivity index (χ1v) is 5.76. The number of thioether (sulfide) groups is 1. The Hall–Kier alpha value is 0.790. The summed E-state index contributed by atoms with van der Waals surface area (Å²) in [7, 11) is 0. The summed E-state index contributed by atoms with van der Waals surface area (Å²) >= 11 is 9.82. The van der Waals surface area contributed by atoms with Gasteiger partial charge in [0.25, 0.3) is 0 Å². The Balaban J connectivity index is 0. The van der Waals surface area contributed by atoms with E-state index in [4.69, 9.17) is 0 Å². The second kappa shape index (κ2) is 10.8. The molecule has 0 saturated heterocycles. The lowest BCUT2D eigenvalue weighted by Gasteiger charge is -1.97. The van der Waals surface area contributed by atoms with Crippen LogP contribution >= 0.6 is 37.0 Å². The second-order valence-electron chi connectivity index (χ2n) is 1.89. The molecule has 0 aliphatic heterocycles. The summed E-state index contributed by atoms with van der Waals surface area (Å²) in [4.78, 5) is 2.47. The minimum absolute atomic E-state index is 0.944. The maximum absolute atomic E-state index is 4.19. The molecule has 0 aliphatic carbocycles. The summed E-state index contributed by atoms with van der Waals surface area (Å²) < 4.78 is 0. The maximum Gasteiger partial charge on any atom is -0.00515 e. The molecular formula is C8H18S3. The highest BCUT2D eigenvalue weighted by Gasteiger charge is 1.88. The molecule has 0 rings (SSSR count). The zero-order chi connectivity index (χ0) is 9.28. The van der Waals surface area contributed by atoms with Crippen LogP contribution in [0.2, 0.25) is 0 Å². The van der Waals surface area contributed by atoms with Gasteiger partial charge in [0.15, 0.2) is 0 Å². The van der Waals surface area contributed by atoms with Crippen LogP contribution in [0.15, 0.2) is 9.81 Å². The van der Waals surface area contributed by atoms with E-state index in [2.05, 4.69) is 39.1 Å². The molecule has 0 N–H and O–H groups in total. The van der Waals surface area contributed by atoms with Gasteiger partial charge in [-0.05, 0) is 35.2 Å². The van der Waals surface area contributed by atoms with Crippen molar-refractivity contribution < 1.29 is 0 Å². The van der Waals surface area contributed by atoms with E-state index < -0.39 is 0 Å². The first-order chi connectivity index (χ1) is 5.09. The fourth-order valence-corrected chi connectivity index (χ4v) is 1.16. The SMILES string of the molecule is CCS.CCS/C(C)=C(/C)S. The molecule has 0 aromatic rings. The van der Waals surface area contributed by atoms with Crippen LogP contribution in [0, 0.1) is 0 Å². The maximum atomic E-state index is 4.19. The lowest BCUT2D eigenvalue weighted by atomic mass is 10.6. The van der Waals surface area contributed by atoms with Gasteiger partial charge in [0, 0.05) is 0 Å². The van der Waals surface area contributed by atoms with Crippen LogP contribution in [0.25, 0.3) is 0 Å². The molecule has 0 bridgehead atoms. The van der Waals surface area contributed by atoms with Gasteiger partial charge in [-0.25, -0.2) is 0 Å². The molecule has 0 fully saturated rings. The summed E-state index contributed by atoms with van der Waals surface area (Å²) in [5.41, 5.74) is 0. The zero-order valence-corrected chi connectivity index (χ0v) is 10.3. The first-order valence-electron chi connectivity index (χ1n) is 3.70. The average molecular weight is 210 g/mol. The Bertz CT molecular complexity index is 104. The van der Waals surface area contributed by atoms with Crippen molar-refractivity contribution in [2.24, 2.45) is 0 Å². The van der Waals surface area contributed by atoms with E-state index in [9.17, 15) is 0 Å². The molecule has 0 aromatic heterocycles. The fourth-order valence-electron chi connectivity index (χ4n) is 0.321. The topological polar surface area (TPSA) is 0 Å². The third-order valence-corrected chi connectivity index (χ3v) is 2.38. The quantitative estimate of drug-likeness (QED) is 0.653. The van der Waals surface area contributed by atoms with Gasteiger partial charge in [-0.2, -0.15) is 12.6 Å². The smallest absolute Gasteiger partial charge is 0.00515 e. The molecule has 0 aliphatic rings. The monoisotopic (exact) mass is 210 g/mol. The van der Waals surface area contributed by atoms with Gasteiger partial charge in [0.05, 0.1) is 0 Å². The minimum Gasteiger partial charge on any atom is -0.180 e. The van der Waals surface area contributed by atoms with Gasteiger partial charge < -0.3 is 0 Å². The standard InChI is InChI=1S/C6H12S2.C2H6S/c1-4-8-6(3)5(2)7;1-2-3/h7H,4H2,1-3H3;3H,2H2,1H3/b6-5-;. The van der Waals surface area contributed by atoms with Gasteiger partial charge in [-0.15, -0.1) is 24.4 Å². The predicted octanol–water partition coefficient (Wildman–Crippen LogP) is 3.86. The van der Waals surface area contributed by atoms with Crippen LogP contribution in [0.1, 0.15) is 27.7 Å². The van der Waals surface area contributed by atoms with Crippen molar-refractivity contribution in [2.75, 3.05) is 11.5 Å². The van der Waals surface area contributed by atoms with Crippen molar-refractivity contribution in [2.45, 2.75) is 27.7 Å². The third kappa shape index (κ3) is 13.7. The molecule has 0 aromatic carbocycles. The lowest BCUT2D eigenvalue weighted by Crippen LogP contribution is -1.70. The van der Waals surface area contributed by atoms with Crippen molar-refractivity contribution in [1.82, 2.24) is 0 Å². The summed E-state index contributed by atoms with van der Waals surface area (Å²) in [5.74, 6) is 2.09. The molecule has 3 heteroatoms. The Morgan fingerprint density at radius 1 is 1.27 bits per heavy atom. The van der Waals surface area contributed by atoms with Crippen molar-refractivity contribution in [3.05, 3.63) is 9.81 Å². The Labute approximate surface area is 86.0 Å². The third-order valence-electron chi connectivity index (χ3n) is 0.870. The molecule has 0 unspecified atom stereocenters. The first kappa shape index (κ1) is 14.3. The average Bonchev–Trinajstić information content (AvgIpc) is 1.90. The largest absolute Gasteiger partial charge is 0.180 e. The van der Waals surface area contributed by atoms with E-state index >= 15 is 0 Å². The molecular weight excluding hydrogens is 192 g/mol. The van der Waals surface area contributed by atoms with Gasteiger partial charge in [-0.1, -0.05) is 13.8 Å².